The monoisotopic (exact) mass is 557 g/mol. The van der Waals surface area contributed by atoms with E-state index in [1.54, 1.807) is 30.3 Å². The average molecular weight is 558 g/mol. The largest absolute Gasteiger partial charge is 0.496 e. The summed E-state index contributed by atoms with van der Waals surface area (Å²) < 4.78 is 38.0. The van der Waals surface area contributed by atoms with Crippen molar-refractivity contribution < 1.29 is 22.7 Å². The summed E-state index contributed by atoms with van der Waals surface area (Å²) >= 11 is 0. The van der Waals surface area contributed by atoms with Crippen LogP contribution in [0.15, 0.2) is 89.8 Å². The molecule has 0 aliphatic carbocycles. The molecule has 208 valence electrons. The van der Waals surface area contributed by atoms with Crippen LogP contribution < -0.4 is 14.8 Å². The van der Waals surface area contributed by atoms with Crippen molar-refractivity contribution in [2.45, 2.75) is 37.3 Å². The predicted molar refractivity (Wildman–Crippen MR) is 159 cm³/mol. The Balaban J connectivity index is 1.46. The number of hydrogen-bond acceptors (Lipinski definition) is 5. The van der Waals surface area contributed by atoms with Crippen molar-refractivity contribution in [2.24, 2.45) is 0 Å². The third kappa shape index (κ3) is 6.90. The van der Waals surface area contributed by atoms with E-state index in [0.717, 1.165) is 27.8 Å². The number of carbonyl (C=O) groups excluding carboxylic acids is 1. The molecule has 0 saturated heterocycles. The number of aryl methyl sites for hydroxylation is 3. The first-order chi connectivity index (χ1) is 19.2. The summed E-state index contributed by atoms with van der Waals surface area (Å²) in [6.45, 7) is 4.46. The minimum absolute atomic E-state index is 0.141. The summed E-state index contributed by atoms with van der Waals surface area (Å²) in [5.74, 6) is 0.549. The van der Waals surface area contributed by atoms with E-state index in [1.165, 1.54) is 14.2 Å². The van der Waals surface area contributed by atoms with Gasteiger partial charge in [-0.1, -0.05) is 66.2 Å². The van der Waals surface area contributed by atoms with Gasteiger partial charge in [0.05, 0.1) is 25.5 Å². The van der Waals surface area contributed by atoms with Crippen molar-refractivity contribution in [2.75, 3.05) is 20.8 Å². The molecule has 0 atom stereocenters. The van der Waals surface area contributed by atoms with Crippen LogP contribution in [0.1, 0.15) is 39.0 Å². The fourth-order valence-corrected chi connectivity index (χ4v) is 6.30. The van der Waals surface area contributed by atoms with E-state index in [9.17, 15) is 13.2 Å². The molecule has 0 unspecified atom stereocenters. The molecule has 1 amide bonds. The number of amides is 1. The van der Waals surface area contributed by atoms with Gasteiger partial charge in [0.15, 0.2) is 9.84 Å². The summed E-state index contributed by atoms with van der Waals surface area (Å²) in [7, 11) is -0.665. The smallest absolute Gasteiger partial charge is 0.255 e. The number of para-hydroxylation sites is 1. The third-order valence-electron chi connectivity index (χ3n) is 6.80. The van der Waals surface area contributed by atoms with Crippen molar-refractivity contribution >= 4 is 15.7 Å². The lowest BCUT2D eigenvalue weighted by atomic mass is 9.99. The number of sulfone groups is 1. The Morgan fingerprint density at radius 2 is 1.52 bits per heavy atom. The van der Waals surface area contributed by atoms with E-state index in [0.29, 0.717) is 42.0 Å². The summed E-state index contributed by atoms with van der Waals surface area (Å²) in [6.07, 6.45) is 1.41. The minimum atomic E-state index is -3.70. The molecule has 1 N–H and O–H groups in total. The van der Waals surface area contributed by atoms with Crippen molar-refractivity contribution in [3.8, 4) is 22.6 Å². The number of nitrogens with one attached hydrogen (secondary N) is 1. The molecule has 0 heterocycles. The lowest BCUT2D eigenvalue weighted by Crippen LogP contribution is -2.25. The highest BCUT2D eigenvalue weighted by Gasteiger charge is 2.23. The van der Waals surface area contributed by atoms with Gasteiger partial charge in [0.1, 0.15) is 16.4 Å². The second kappa shape index (κ2) is 12.8. The van der Waals surface area contributed by atoms with Gasteiger partial charge in [0, 0.05) is 6.54 Å². The normalized spacial score (nSPS) is 11.2. The zero-order valence-corrected chi connectivity index (χ0v) is 24.2. The van der Waals surface area contributed by atoms with Crippen LogP contribution in [0.5, 0.6) is 11.5 Å². The van der Waals surface area contributed by atoms with Gasteiger partial charge >= 0.3 is 0 Å². The Morgan fingerprint density at radius 3 is 2.27 bits per heavy atom. The Labute approximate surface area is 236 Å². The highest BCUT2D eigenvalue weighted by atomic mass is 32.2. The van der Waals surface area contributed by atoms with Crippen molar-refractivity contribution in [3.63, 3.8) is 0 Å². The van der Waals surface area contributed by atoms with E-state index in [-0.39, 0.29) is 16.6 Å². The molecule has 0 aliphatic heterocycles. The lowest BCUT2D eigenvalue weighted by molar-refractivity contribution is 0.0950. The highest BCUT2D eigenvalue weighted by Crippen LogP contribution is 2.35. The second-order valence-electron chi connectivity index (χ2n) is 9.83. The molecule has 0 aliphatic rings. The molecule has 6 nitrogen and oxygen atoms in total. The van der Waals surface area contributed by atoms with Crippen LogP contribution in [0.25, 0.3) is 11.1 Å². The van der Waals surface area contributed by atoms with Crippen molar-refractivity contribution in [1.29, 1.82) is 0 Å². The van der Waals surface area contributed by atoms with Gasteiger partial charge in [-0.3, -0.25) is 4.79 Å². The predicted octanol–water partition coefficient (Wildman–Crippen LogP) is 6.32. The SMILES string of the molecule is COc1ccccc1C(=O)NCCCc1cccc(CS(=O)(=O)c2cc(-c3cccc(C)c3)c(C)cc2OC)c1. The number of carbonyl (C=O) groups is 1. The molecule has 4 aromatic carbocycles. The van der Waals surface area contributed by atoms with Gasteiger partial charge < -0.3 is 14.8 Å². The first kappa shape index (κ1) is 28.9. The Morgan fingerprint density at radius 1 is 0.800 bits per heavy atom. The van der Waals surface area contributed by atoms with Gasteiger partial charge in [-0.05, 0) is 78.8 Å². The quantitative estimate of drug-likeness (QED) is 0.218. The number of methoxy groups -OCH3 is 2. The molecule has 4 aromatic rings. The molecule has 0 spiro atoms. The summed E-state index contributed by atoms with van der Waals surface area (Å²) in [5.41, 5.74) is 6.10. The van der Waals surface area contributed by atoms with E-state index < -0.39 is 9.84 Å². The maximum atomic E-state index is 13.6. The van der Waals surface area contributed by atoms with E-state index in [2.05, 4.69) is 5.32 Å². The number of benzene rings is 4. The Bertz CT molecular complexity index is 1610. The number of rotatable bonds is 11. The Hall–Kier alpha value is -4.10. The molecule has 40 heavy (non-hydrogen) atoms. The van der Waals surface area contributed by atoms with E-state index >= 15 is 0 Å². The van der Waals surface area contributed by atoms with Gasteiger partial charge in [-0.25, -0.2) is 8.42 Å². The first-order valence-corrected chi connectivity index (χ1v) is 14.8. The maximum Gasteiger partial charge on any atom is 0.255 e. The lowest BCUT2D eigenvalue weighted by Gasteiger charge is -2.15. The van der Waals surface area contributed by atoms with Crippen LogP contribution >= 0.6 is 0 Å². The van der Waals surface area contributed by atoms with Gasteiger partial charge in [-0.15, -0.1) is 0 Å². The van der Waals surface area contributed by atoms with Gasteiger partial charge in [0.25, 0.3) is 5.91 Å². The van der Waals surface area contributed by atoms with Crippen LogP contribution in [-0.4, -0.2) is 35.1 Å². The standard InChI is InChI=1S/C33H35NO5S/c1-23-10-7-14-27(18-23)29-21-32(31(39-4)19-24(29)2)40(36,37)22-26-12-8-11-25(20-26)13-9-17-34-33(35)28-15-5-6-16-30(28)38-3/h5-8,10-12,14-16,18-21H,9,13,17,22H2,1-4H3,(H,34,35). The van der Waals surface area contributed by atoms with Crippen molar-refractivity contribution in [3.05, 3.63) is 113 Å². The van der Waals surface area contributed by atoms with Crippen LogP contribution in [0.3, 0.4) is 0 Å². The summed E-state index contributed by atoms with van der Waals surface area (Å²) in [6, 6.07) is 26.2. The molecule has 0 saturated carbocycles. The Kier molecular flexibility index (Phi) is 9.27. The topological polar surface area (TPSA) is 81.7 Å². The van der Waals surface area contributed by atoms with Gasteiger partial charge in [-0.2, -0.15) is 0 Å². The van der Waals surface area contributed by atoms with Crippen molar-refractivity contribution in [1.82, 2.24) is 5.32 Å². The number of ether oxygens (including phenoxy) is 2. The van der Waals surface area contributed by atoms with E-state index in [1.807, 2.05) is 68.4 Å². The van der Waals surface area contributed by atoms with Gasteiger partial charge in [0.2, 0.25) is 0 Å². The number of hydrogen-bond donors (Lipinski definition) is 1. The minimum Gasteiger partial charge on any atom is -0.496 e. The zero-order valence-electron chi connectivity index (χ0n) is 23.4. The molecule has 0 radical (unpaired) electrons. The highest BCUT2D eigenvalue weighted by molar-refractivity contribution is 7.90. The molecular formula is C33H35NO5S. The molecule has 7 heteroatoms. The third-order valence-corrected chi connectivity index (χ3v) is 8.50. The average Bonchev–Trinajstić information content (AvgIpc) is 2.94. The molecule has 0 aromatic heterocycles. The van der Waals surface area contributed by atoms with Crippen LogP contribution in [0.2, 0.25) is 0 Å². The van der Waals surface area contributed by atoms with Crippen LogP contribution in [0.4, 0.5) is 0 Å². The molecule has 0 bridgehead atoms. The fraction of sp³-hybridized carbons (Fsp3) is 0.242. The van der Waals surface area contributed by atoms with Crippen LogP contribution in [-0.2, 0) is 22.0 Å². The maximum absolute atomic E-state index is 13.6. The fourth-order valence-electron chi connectivity index (χ4n) is 4.78. The van der Waals surface area contributed by atoms with Crippen LogP contribution in [0, 0.1) is 13.8 Å². The summed E-state index contributed by atoms with van der Waals surface area (Å²) in [5, 5.41) is 2.93. The second-order valence-corrected chi connectivity index (χ2v) is 11.8. The zero-order chi connectivity index (χ0) is 28.7. The summed E-state index contributed by atoms with van der Waals surface area (Å²) in [4.78, 5) is 12.7. The first-order valence-electron chi connectivity index (χ1n) is 13.2. The molecule has 0 fully saturated rings. The van der Waals surface area contributed by atoms with E-state index in [4.69, 9.17) is 9.47 Å². The molecular weight excluding hydrogens is 522 g/mol. The molecule has 4 rings (SSSR count).